The van der Waals surface area contributed by atoms with Crippen molar-refractivity contribution in [1.82, 2.24) is 4.90 Å². The predicted octanol–water partition coefficient (Wildman–Crippen LogP) is 3.42. The van der Waals surface area contributed by atoms with Gasteiger partial charge in [0.2, 0.25) is 0 Å². The van der Waals surface area contributed by atoms with Crippen LogP contribution in [0.2, 0.25) is 0 Å². The van der Waals surface area contributed by atoms with Gasteiger partial charge in [-0.1, -0.05) is 26.0 Å². The van der Waals surface area contributed by atoms with Crippen molar-refractivity contribution < 1.29 is 0 Å². The maximum Gasteiger partial charge on any atom is 0.0314 e. The predicted molar refractivity (Wildman–Crippen MR) is 73.8 cm³/mol. The largest absolute Gasteiger partial charge is 0.399 e. The molecule has 0 atom stereocenters. The number of anilines is 1. The molecule has 1 aliphatic rings. The van der Waals surface area contributed by atoms with E-state index in [9.17, 15) is 0 Å². The van der Waals surface area contributed by atoms with Gasteiger partial charge in [-0.2, -0.15) is 0 Å². The minimum atomic E-state index is 0.736. The number of nitrogen functional groups attached to an aromatic ring is 1. The fourth-order valence-electron chi connectivity index (χ4n) is 2.55. The molecule has 2 rings (SSSR count). The van der Waals surface area contributed by atoms with Gasteiger partial charge in [-0.25, -0.2) is 0 Å². The Hall–Kier alpha value is -1.02. The zero-order valence-electron chi connectivity index (χ0n) is 11.0. The third-order valence-corrected chi connectivity index (χ3v) is 3.77. The van der Waals surface area contributed by atoms with Gasteiger partial charge in [0.1, 0.15) is 0 Å². The number of nitrogens with zero attached hydrogens (tertiary/aromatic N) is 1. The van der Waals surface area contributed by atoms with Gasteiger partial charge in [-0.15, -0.1) is 0 Å². The average Bonchev–Trinajstić information content (AvgIpc) is 3.16. The molecule has 0 spiro atoms. The fourth-order valence-corrected chi connectivity index (χ4v) is 2.55. The summed E-state index contributed by atoms with van der Waals surface area (Å²) < 4.78 is 0. The van der Waals surface area contributed by atoms with Crippen molar-refractivity contribution in [2.24, 2.45) is 0 Å². The molecule has 0 heterocycles. The molecule has 17 heavy (non-hydrogen) atoms. The molecule has 0 aliphatic heterocycles. The second-order valence-corrected chi connectivity index (χ2v) is 5.12. The Morgan fingerprint density at radius 1 is 1.18 bits per heavy atom. The molecule has 0 aromatic heterocycles. The standard InChI is InChI=1S/C15H24N2/c1-3-14(4-2)17(15-9-10-15)11-12-5-7-13(16)8-6-12/h5-8,14-15H,3-4,9-11,16H2,1-2H3. The first-order chi connectivity index (χ1) is 8.24. The number of rotatable bonds is 6. The van der Waals surface area contributed by atoms with Crippen molar-refractivity contribution >= 4 is 5.69 Å². The van der Waals surface area contributed by atoms with Crippen LogP contribution in [-0.2, 0) is 6.54 Å². The summed E-state index contributed by atoms with van der Waals surface area (Å²) in [5.41, 5.74) is 7.97. The van der Waals surface area contributed by atoms with E-state index in [-0.39, 0.29) is 0 Å². The van der Waals surface area contributed by atoms with E-state index in [0.717, 1.165) is 24.3 Å². The van der Waals surface area contributed by atoms with Crippen molar-refractivity contribution in [3.05, 3.63) is 29.8 Å². The van der Waals surface area contributed by atoms with E-state index in [0.29, 0.717) is 0 Å². The summed E-state index contributed by atoms with van der Waals surface area (Å²) in [4.78, 5) is 2.69. The molecule has 0 saturated heterocycles. The van der Waals surface area contributed by atoms with Crippen molar-refractivity contribution in [3.63, 3.8) is 0 Å². The van der Waals surface area contributed by atoms with Gasteiger partial charge in [-0.3, -0.25) is 4.90 Å². The second-order valence-electron chi connectivity index (χ2n) is 5.12. The summed E-state index contributed by atoms with van der Waals surface area (Å²) in [5.74, 6) is 0. The van der Waals surface area contributed by atoms with Crippen LogP contribution in [-0.4, -0.2) is 17.0 Å². The van der Waals surface area contributed by atoms with Crippen molar-refractivity contribution in [3.8, 4) is 0 Å². The SMILES string of the molecule is CCC(CC)N(Cc1ccc(N)cc1)C1CC1. The third kappa shape index (κ3) is 3.22. The van der Waals surface area contributed by atoms with Crippen molar-refractivity contribution in [2.75, 3.05) is 5.73 Å². The molecule has 1 aliphatic carbocycles. The lowest BCUT2D eigenvalue weighted by Crippen LogP contribution is -2.35. The molecule has 2 heteroatoms. The zero-order chi connectivity index (χ0) is 12.3. The van der Waals surface area contributed by atoms with E-state index >= 15 is 0 Å². The molecule has 2 nitrogen and oxygen atoms in total. The topological polar surface area (TPSA) is 29.3 Å². The quantitative estimate of drug-likeness (QED) is 0.761. The molecule has 0 radical (unpaired) electrons. The Morgan fingerprint density at radius 2 is 1.76 bits per heavy atom. The lowest BCUT2D eigenvalue weighted by Gasteiger charge is -2.30. The molecular formula is C15H24N2. The Morgan fingerprint density at radius 3 is 2.24 bits per heavy atom. The first-order valence-electron chi connectivity index (χ1n) is 6.84. The van der Waals surface area contributed by atoms with Gasteiger partial charge in [0.25, 0.3) is 0 Å². The number of benzene rings is 1. The molecule has 1 aromatic rings. The van der Waals surface area contributed by atoms with E-state index in [4.69, 9.17) is 5.73 Å². The van der Waals surface area contributed by atoms with Crippen LogP contribution in [0.5, 0.6) is 0 Å². The minimum absolute atomic E-state index is 0.736. The summed E-state index contributed by atoms with van der Waals surface area (Å²) >= 11 is 0. The maximum atomic E-state index is 5.73. The molecule has 94 valence electrons. The lowest BCUT2D eigenvalue weighted by molar-refractivity contribution is 0.167. The smallest absolute Gasteiger partial charge is 0.0314 e. The Labute approximate surface area is 105 Å². The molecule has 1 aromatic carbocycles. The Balaban J connectivity index is 2.04. The average molecular weight is 232 g/mol. The monoisotopic (exact) mass is 232 g/mol. The zero-order valence-corrected chi connectivity index (χ0v) is 11.0. The van der Waals surface area contributed by atoms with Gasteiger partial charge in [0, 0.05) is 24.3 Å². The maximum absolute atomic E-state index is 5.73. The third-order valence-electron chi connectivity index (χ3n) is 3.77. The summed E-state index contributed by atoms with van der Waals surface area (Å²) in [6.07, 6.45) is 5.26. The number of hydrogen-bond donors (Lipinski definition) is 1. The molecule has 0 amide bonds. The van der Waals surface area contributed by atoms with Gasteiger partial charge in [0.05, 0.1) is 0 Å². The van der Waals surface area contributed by atoms with Crippen molar-refractivity contribution in [1.29, 1.82) is 0 Å². The molecule has 0 unspecified atom stereocenters. The van der Waals surface area contributed by atoms with Gasteiger partial charge in [-0.05, 0) is 43.4 Å². The Bertz CT molecular complexity index is 336. The van der Waals surface area contributed by atoms with Gasteiger partial charge >= 0.3 is 0 Å². The highest BCUT2D eigenvalue weighted by Crippen LogP contribution is 2.31. The van der Waals surface area contributed by atoms with E-state index in [2.05, 4.69) is 30.9 Å². The van der Waals surface area contributed by atoms with Crippen LogP contribution in [0.4, 0.5) is 5.69 Å². The summed E-state index contributed by atoms with van der Waals surface area (Å²) in [5, 5.41) is 0. The normalized spacial score (nSPS) is 15.8. The van der Waals surface area contributed by atoms with Crippen LogP contribution >= 0.6 is 0 Å². The highest BCUT2D eigenvalue weighted by atomic mass is 15.2. The fraction of sp³-hybridized carbons (Fsp3) is 0.600. The highest BCUT2D eigenvalue weighted by Gasteiger charge is 2.32. The minimum Gasteiger partial charge on any atom is -0.399 e. The van der Waals surface area contributed by atoms with Gasteiger partial charge in [0.15, 0.2) is 0 Å². The summed E-state index contributed by atoms with van der Waals surface area (Å²) in [6.45, 7) is 5.68. The first kappa shape index (κ1) is 12.4. The van der Waals surface area contributed by atoms with Crippen LogP contribution in [0.1, 0.15) is 45.1 Å². The first-order valence-corrected chi connectivity index (χ1v) is 6.84. The lowest BCUT2D eigenvalue weighted by atomic mass is 10.1. The molecule has 0 bridgehead atoms. The van der Waals surface area contributed by atoms with Crippen LogP contribution in [0.25, 0.3) is 0 Å². The van der Waals surface area contributed by atoms with Crippen LogP contribution < -0.4 is 5.73 Å². The van der Waals surface area contributed by atoms with Crippen LogP contribution in [0.15, 0.2) is 24.3 Å². The number of nitrogens with two attached hydrogens (primary N) is 1. The number of hydrogen-bond acceptors (Lipinski definition) is 2. The van der Waals surface area contributed by atoms with Gasteiger partial charge < -0.3 is 5.73 Å². The van der Waals surface area contributed by atoms with E-state index in [1.165, 1.54) is 31.2 Å². The summed E-state index contributed by atoms with van der Waals surface area (Å²) in [6, 6.07) is 9.90. The molecular weight excluding hydrogens is 208 g/mol. The molecule has 2 N–H and O–H groups in total. The highest BCUT2D eigenvalue weighted by molar-refractivity contribution is 5.39. The summed E-state index contributed by atoms with van der Waals surface area (Å²) in [7, 11) is 0. The van der Waals surface area contributed by atoms with Crippen LogP contribution in [0, 0.1) is 0 Å². The van der Waals surface area contributed by atoms with Crippen molar-refractivity contribution in [2.45, 2.75) is 58.2 Å². The molecule has 1 saturated carbocycles. The van der Waals surface area contributed by atoms with Crippen LogP contribution in [0.3, 0.4) is 0 Å². The second kappa shape index (κ2) is 5.54. The molecule has 1 fully saturated rings. The van der Waals surface area contributed by atoms with E-state index < -0.39 is 0 Å². The van der Waals surface area contributed by atoms with E-state index in [1.54, 1.807) is 0 Å². The van der Waals surface area contributed by atoms with E-state index in [1.807, 2.05) is 12.1 Å². The Kier molecular flexibility index (Phi) is 4.06.